The first kappa shape index (κ1) is 29.8. The molecule has 12 nitrogen and oxygen atoms in total. The molecule has 0 saturated heterocycles. The number of nitrogens with zero attached hydrogens (tertiary/aromatic N) is 4. The number of ether oxygens (including phenoxy) is 2. The second-order valence-corrected chi connectivity index (χ2v) is 9.61. The lowest BCUT2D eigenvalue weighted by Gasteiger charge is -2.20. The number of phosphoric ester groups is 1. The van der Waals surface area contributed by atoms with Crippen LogP contribution in [0.3, 0.4) is 0 Å². The van der Waals surface area contributed by atoms with Crippen molar-refractivity contribution < 1.29 is 46.7 Å². The fraction of sp³-hybridized carbons (Fsp3) is 0.500. The summed E-state index contributed by atoms with van der Waals surface area (Å²) in [4.78, 5) is 47.0. The number of carbonyl (C=O) groups is 2. The van der Waals surface area contributed by atoms with Crippen LogP contribution < -0.4 is 4.90 Å². The van der Waals surface area contributed by atoms with E-state index in [4.69, 9.17) is 24.5 Å². The SMILES string of the molecule is CCCCCC(=O)N(COC(=O)OCCCCOP(=O)(O)O)c1nc2c(F)cc(C#N)c(F)c2n1I. The first-order valence-electron chi connectivity index (χ1n) is 10.8. The van der Waals surface area contributed by atoms with Crippen LogP contribution in [-0.4, -0.2) is 49.6 Å². The molecule has 0 unspecified atom stereocenters. The largest absolute Gasteiger partial charge is 0.510 e. The van der Waals surface area contributed by atoms with Gasteiger partial charge in [-0.15, -0.1) is 0 Å². The Morgan fingerprint density at radius 2 is 1.92 bits per heavy atom. The van der Waals surface area contributed by atoms with E-state index in [1.165, 1.54) is 0 Å². The van der Waals surface area contributed by atoms with Crippen molar-refractivity contribution in [1.29, 1.82) is 5.26 Å². The summed E-state index contributed by atoms with van der Waals surface area (Å²) in [6, 6.07) is 2.26. The molecule has 2 N–H and O–H groups in total. The van der Waals surface area contributed by atoms with Gasteiger partial charge in [0.1, 0.15) is 17.1 Å². The third-order valence-corrected chi connectivity index (χ3v) is 6.17. The van der Waals surface area contributed by atoms with E-state index < -0.39 is 49.3 Å². The topological polar surface area (TPSA) is 164 Å². The monoisotopic (exact) mass is 644 g/mol. The molecule has 0 fully saturated rings. The Labute approximate surface area is 218 Å². The molecule has 36 heavy (non-hydrogen) atoms. The first-order chi connectivity index (χ1) is 17.0. The van der Waals surface area contributed by atoms with Crippen LogP contribution in [0.2, 0.25) is 0 Å². The van der Waals surface area contributed by atoms with E-state index in [1.807, 2.05) is 6.92 Å². The van der Waals surface area contributed by atoms with Gasteiger partial charge in [-0.25, -0.2) is 30.8 Å². The Hall–Kier alpha value is -2.38. The highest BCUT2D eigenvalue weighted by molar-refractivity contribution is 14.1. The molecule has 1 amide bonds. The van der Waals surface area contributed by atoms with Gasteiger partial charge < -0.3 is 19.3 Å². The lowest BCUT2D eigenvalue weighted by molar-refractivity contribution is -0.119. The number of benzene rings is 1. The summed E-state index contributed by atoms with van der Waals surface area (Å²) >= 11 is 1.61. The lowest BCUT2D eigenvalue weighted by atomic mass is 10.2. The number of phosphoric acid groups is 1. The van der Waals surface area contributed by atoms with Gasteiger partial charge in [0.15, 0.2) is 18.4 Å². The molecule has 0 aliphatic carbocycles. The summed E-state index contributed by atoms with van der Waals surface area (Å²) in [5, 5.41) is 9.05. The molecule has 0 atom stereocenters. The molecular formula is C20H24F2IN4O8P. The number of anilines is 1. The molecule has 0 aliphatic heterocycles. The number of aromatic nitrogens is 2. The molecule has 1 heterocycles. The molecule has 0 aliphatic rings. The minimum Gasteiger partial charge on any atom is -0.434 e. The molecule has 0 spiro atoms. The van der Waals surface area contributed by atoms with E-state index >= 15 is 0 Å². The van der Waals surface area contributed by atoms with Crippen LogP contribution in [0, 0.1) is 23.0 Å². The smallest absolute Gasteiger partial charge is 0.434 e. The quantitative estimate of drug-likeness (QED) is 0.106. The van der Waals surface area contributed by atoms with Crippen LogP contribution in [0.4, 0.5) is 19.5 Å². The second-order valence-electron chi connectivity index (χ2n) is 7.40. The average Bonchev–Trinajstić information content (AvgIpc) is 3.16. The summed E-state index contributed by atoms with van der Waals surface area (Å²) in [6.07, 6.45) is 1.45. The van der Waals surface area contributed by atoms with Crippen molar-refractivity contribution in [3.8, 4) is 6.07 Å². The van der Waals surface area contributed by atoms with Gasteiger partial charge in [0.25, 0.3) is 0 Å². The van der Waals surface area contributed by atoms with Crippen molar-refractivity contribution in [3.63, 3.8) is 0 Å². The minimum atomic E-state index is -4.57. The maximum atomic E-state index is 14.7. The van der Waals surface area contributed by atoms with Gasteiger partial charge in [-0.05, 0) is 25.3 Å². The van der Waals surface area contributed by atoms with Gasteiger partial charge in [0.2, 0.25) is 11.9 Å². The van der Waals surface area contributed by atoms with Gasteiger partial charge >= 0.3 is 14.0 Å². The summed E-state index contributed by atoms with van der Waals surface area (Å²) in [5.74, 6) is -2.69. The number of unbranched alkanes of at least 4 members (excludes halogenated alkanes) is 3. The van der Waals surface area contributed by atoms with Crippen LogP contribution in [0.15, 0.2) is 6.07 Å². The highest BCUT2D eigenvalue weighted by Crippen LogP contribution is 2.35. The number of nitriles is 1. The molecule has 1 aromatic heterocycles. The highest BCUT2D eigenvalue weighted by Gasteiger charge is 2.27. The van der Waals surface area contributed by atoms with E-state index in [-0.39, 0.29) is 43.9 Å². The standard InChI is InChI=1S/C20H24F2IN4O8P/c1-2-3-4-7-15(28)26(12-34-20(29)33-8-5-6-9-35-36(30,31)32)19-25-17-14(21)10-13(11-24)16(22)18(17)27(19)23/h10H,2-9,12H2,1H3,(H2,30,31,32). The van der Waals surface area contributed by atoms with Crippen molar-refractivity contribution in [2.24, 2.45) is 0 Å². The fourth-order valence-corrected chi connectivity index (χ4v) is 4.16. The Kier molecular flexibility index (Phi) is 11.4. The fourth-order valence-electron chi connectivity index (χ4n) is 2.98. The third-order valence-electron chi connectivity index (χ3n) is 4.74. The number of imidazole rings is 1. The Balaban J connectivity index is 2.14. The van der Waals surface area contributed by atoms with Crippen LogP contribution in [0.1, 0.15) is 51.0 Å². The van der Waals surface area contributed by atoms with E-state index in [9.17, 15) is 22.9 Å². The van der Waals surface area contributed by atoms with Crippen LogP contribution >= 0.6 is 30.7 Å². The molecule has 1 aromatic carbocycles. The van der Waals surface area contributed by atoms with Gasteiger partial charge in [-0.2, -0.15) is 5.26 Å². The van der Waals surface area contributed by atoms with E-state index in [1.54, 1.807) is 28.9 Å². The highest BCUT2D eigenvalue weighted by atomic mass is 127. The van der Waals surface area contributed by atoms with Crippen LogP contribution in [-0.2, 0) is 23.4 Å². The van der Waals surface area contributed by atoms with Gasteiger partial charge in [0, 0.05) is 6.42 Å². The molecule has 0 bridgehead atoms. The number of hydrogen-bond acceptors (Lipinski definition) is 8. The molecule has 2 rings (SSSR count). The molecular weight excluding hydrogens is 620 g/mol. The zero-order valence-electron chi connectivity index (χ0n) is 19.2. The lowest BCUT2D eigenvalue weighted by Crippen LogP contribution is -2.35. The van der Waals surface area contributed by atoms with Crippen molar-refractivity contribution in [2.45, 2.75) is 45.4 Å². The predicted molar refractivity (Wildman–Crippen MR) is 130 cm³/mol. The summed E-state index contributed by atoms with van der Waals surface area (Å²) in [5.41, 5.74) is -1.27. The number of amides is 1. The van der Waals surface area contributed by atoms with Crippen molar-refractivity contribution >= 4 is 59.7 Å². The Morgan fingerprint density at radius 1 is 1.22 bits per heavy atom. The van der Waals surface area contributed by atoms with Gasteiger partial charge in [0.05, 0.1) is 41.6 Å². The first-order valence-corrected chi connectivity index (χ1v) is 13.3. The molecule has 0 saturated carbocycles. The summed E-state index contributed by atoms with van der Waals surface area (Å²) in [7, 11) is -4.57. The number of rotatable bonds is 13. The normalized spacial score (nSPS) is 11.4. The number of halogens is 3. The number of carbonyl (C=O) groups excluding carboxylic acids is 2. The minimum absolute atomic E-state index is 0.0556. The average molecular weight is 644 g/mol. The van der Waals surface area contributed by atoms with E-state index in [0.29, 0.717) is 12.5 Å². The molecule has 2 aromatic rings. The molecule has 198 valence electrons. The van der Waals surface area contributed by atoms with Crippen molar-refractivity contribution in [2.75, 3.05) is 24.8 Å². The summed E-state index contributed by atoms with van der Waals surface area (Å²) < 4.78 is 55.0. The maximum Gasteiger partial charge on any atom is 0.510 e. The zero-order chi connectivity index (χ0) is 26.9. The number of hydrogen-bond donors (Lipinski definition) is 2. The van der Waals surface area contributed by atoms with E-state index in [0.717, 1.165) is 20.5 Å². The predicted octanol–water partition coefficient (Wildman–Crippen LogP) is 4.30. The van der Waals surface area contributed by atoms with Gasteiger partial charge in [-0.3, -0.25) is 9.32 Å². The molecule has 16 heteroatoms. The molecule has 0 radical (unpaired) electrons. The van der Waals surface area contributed by atoms with Crippen molar-refractivity contribution in [3.05, 3.63) is 23.3 Å². The third kappa shape index (κ3) is 8.34. The summed E-state index contributed by atoms with van der Waals surface area (Å²) in [6.45, 7) is 0.898. The second kappa shape index (κ2) is 13.8. The Bertz CT molecular complexity index is 1180. The maximum absolute atomic E-state index is 14.7. The zero-order valence-corrected chi connectivity index (χ0v) is 22.2. The number of fused-ring (bicyclic) bond motifs is 1. The van der Waals surface area contributed by atoms with E-state index in [2.05, 4.69) is 9.51 Å². The van der Waals surface area contributed by atoms with Crippen LogP contribution in [0.25, 0.3) is 11.0 Å². The van der Waals surface area contributed by atoms with Crippen molar-refractivity contribution in [1.82, 2.24) is 7.76 Å². The van der Waals surface area contributed by atoms with Gasteiger partial charge in [-0.1, -0.05) is 19.8 Å². The van der Waals surface area contributed by atoms with Crippen LogP contribution in [0.5, 0.6) is 0 Å². The Morgan fingerprint density at radius 3 is 2.56 bits per heavy atom.